The minimum atomic E-state index is -0.822. The Morgan fingerprint density at radius 3 is 2.36 bits per heavy atom. The summed E-state index contributed by atoms with van der Waals surface area (Å²) < 4.78 is 26.2. The lowest BCUT2D eigenvalue weighted by molar-refractivity contribution is 0.588. The fraction of sp³-hybridized carbons (Fsp3) is 0.100. The van der Waals surface area contributed by atoms with Crippen molar-refractivity contribution in [2.75, 3.05) is 11.9 Å². The van der Waals surface area contributed by atoms with E-state index in [1.165, 1.54) is 0 Å². The maximum absolute atomic E-state index is 13.1. The van der Waals surface area contributed by atoms with Crippen LogP contribution in [-0.2, 0) is 0 Å². The van der Waals surface area contributed by atoms with E-state index in [9.17, 15) is 8.78 Å². The molecule has 2 nitrogen and oxygen atoms in total. The molecule has 0 fully saturated rings. The van der Waals surface area contributed by atoms with Crippen LogP contribution < -0.4 is 5.32 Å². The lowest BCUT2D eigenvalue weighted by atomic mass is 10.2. The summed E-state index contributed by atoms with van der Waals surface area (Å²) in [5, 5.41) is 10.8. The molecule has 0 amide bonds. The molecule has 1 N–H and O–H groups in total. The number of hydrogen-bond donors (Lipinski definition) is 1. The van der Waals surface area contributed by atoms with Crippen LogP contribution in [0, 0.1) is 35.3 Å². The van der Waals surface area contributed by atoms with Crippen molar-refractivity contribution in [3.8, 4) is 18.4 Å². The van der Waals surface area contributed by atoms with Crippen LogP contribution in [-0.4, -0.2) is 6.54 Å². The topological polar surface area (TPSA) is 35.8 Å². The summed E-state index contributed by atoms with van der Waals surface area (Å²) in [6, 6.07) is 3.54. The number of rotatable bonds is 2. The molecule has 1 aromatic carbocycles. The second-order valence-electron chi connectivity index (χ2n) is 2.48. The van der Waals surface area contributed by atoms with Gasteiger partial charge in [0.2, 0.25) is 0 Å². The van der Waals surface area contributed by atoms with Gasteiger partial charge in [-0.05, 0) is 12.1 Å². The first-order valence-electron chi connectivity index (χ1n) is 3.75. The van der Waals surface area contributed by atoms with E-state index in [0.717, 1.165) is 12.1 Å². The third-order valence-electron chi connectivity index (χ3n) is 1.54. The van der Waals surface area contributed by atoms with E-state index in [1.807, 2.05) is 0 Å². The summed E-state index contributed by atoms with van der Waals surface area (Å²) in [4.78, 5) is 0. The van der Waals surface area contributed by atoms with Crippen molar-refractivity contribution in [3.05, 3.63) is 29.3 Å². The summed E-state index contributed by atoms with van der Waals surface area (Å²) >= 11 is 0. The lowest BCUT2D eigenvalue weighted by Crippen LogP contribution is -2.04. The zero-order valence-electron chi connectivity index (χ0n) is 7.14. The normalized spacial score (nSPS) is 8.86. The molecule has 0 atom stereocenters. The van der Waals surface area contributed by atoms with Gasteiger partial charge >= 0.3 is 0 Å². The molecular formula is C10H6F2N2. The molecular weight excluding hydrogens is 186 g/mol. The van der Waals surface area contributed by atoms with Crippen molar-refractivity contribution in [2.45, 2.75) is 0 Å². The van der Waals surface area contributed by atoms with Crippen LogP contribution in [0.4, 0.5) is 14.5 Å². The monoisotopic (exact) mass is 192 g/mol. The Balaban J connectivity index is 3.08. The van der Waals surface area contributed by atoms with E-state index in [0.29, 0.717) is 0 Å². The Bertz CT molecular complexity index is 404. The quantitative estimate of drug-likeness (QED) is 0.726. The molecule has 0 radical (unpaired) electrons. The van der Waals surface area contributed by atoms with Crippen molar-refractivity contribution in [2.24, 2.45) is 0 Å². The molecule has 0 spiro atoms. The maximum Gasteiger partial charge on any atom is 0.150 e. The molecule has 0 aliphatic carbocycles. The van der Waals surface area contributed by atoms with Gasteiger partial charge in [0.1, 0.15) is 5.69 Å². The second kappa shape index (κ2) is 4.25. The van der Waals surface area contributed by atoms with Crippen LogP contribution in [0.1, 0.15) is 5.56 Å². The smallest absolute Gasteiger partial charge is 0.150 e. The fourth-order valence-electron chi connectivity index (χ4n) is 0.946. The summed E-state index contributed by atoms with van der Waals surface area (Å²) in [6.07, 6.45) is 4.92. The zero-order chi connectivity index (χ0) is 10.6. The van der Waals surface area contributed by atoms with Crippen molar-refractivity contribution in [1.82, 2.24) is 0 Å². The molecule has 4 heteroatoms. The van der Waals surface area contributed by atoms with Gasteiger partial charge < -0.3 is 5.32 Å². The zero-order valence-corrected chi connectivity index (χ0v) is 7.14. The third kappa shape index (κ3) is 1.99. The van der Waals surface area contributed by atoms with Gasteiger partial charge in [0.15, 0.2) is 11.6 Å². The number of benzene rings is 1. The molecule has 1 aromatic rings. The highest BCUT2D eigenvalue weighted by Crippen LogP contribution is 2.19. The van der Waals surface area contributed by atoms with Crippen LogP contribution >= 0.6 is 0 Å². The molecule has 14 heavy (non-hydrogen) atoms. The fourth-order valence-corrected chi connectivity index (χ4v) is 0.946. The molecule has 0 aliphatic rings. The first kappa shape index (κ1) is 10.0. The van der Waals surface area contributed by atoms with Crippen molar-refractivity contribution < 1.29 is 8.78 Å². The average Bonchev–Trinajstić information content (AvgIpc) is 2.16. The SMILES string of the molecule is C#CCNc1c(F)cc(C#N)cc1F. The number of nitrogens with zero attached hydrogens (tertiary/aromatic N) is 1. The number of halogens is 2. The molecule has 0 saturated heterocycles. The highest BCUT2D eigenvalue weighted by Gasteiger charge is 2.09. The Morgan fingerprint density at radius 1 is 1.36 bits per heavy atom. The summed E-state index contributed by atoms with van der Waals surface area (Å²) in [5.41, 5.74) is -0.367. The minimum Gasteiger partial charge on any atom is -0.369 e. The lowest BCUT2D eigenvalue weighted by Gasteiger charge is -2.05. The summed E-state index contributed by atoms with van der Waals surface area (Å²) in [5.74, 6) is 0.545. The van der Waals surface area contributed by atoms with Gasteiger partial charge in [0, 0.05) is 0 Å². The molecule has 0 bridgehead atoms. The summed E-state index contributed by atoms with van der Waals surface area (Å²) in [6.45, 7) is 0.0275. The standard InChI is InChI=1S/C10H6F2N2/c1-2-3-14-10-8(11)4-7(6-13)5-9(10)12/h1,4-5,14H,3H2. The number of terminal acetylenes is 1. The van der Waals surface area contributed by atoms with Crippen molar-refractivity contribution in [3.63, 3.8) is 0 Å². The van der Waals surface area contributed by atoms with Gasteiger partial charge in [0.25, 0.3) is 0 Å². The van der Waals surface area contributed by atoms with E-state index < -0.39 is 11.6 Å². The van der Waals surface area contributed by atoms with Gasteiger partial charge in [-0.3, -0.25) is 0 Å². The molecule has 0 unspecified atom stereocenters. The molecule has 0 heterocycles. The molecule has 0 aromatic heterocycles. The molecule has 0 aliphatic heterocycles. The van der Waals surface area contributed by atoms with Crippen molar-refractivity contribution in [1.29, 1.82) is 5.26 Å². The van der Waals surface area contributed by atoms with Gasteiger partial charge in [-0.15, -0.1) is 6.42 Å². The van der Waals surface area contributed by atoms with Gasteiger partial charge in [-0.2, -0.15) is 5.26 Å². The first-order valence-corrected chi connectivity index (χ1v) is 3.75. The summed E-state index contributed by atoms with van der Waals surface area (Å²) in [7, 11) is 0. The van der Waals surface area contributed by atoms with E-state index in [1.54, 1.807) is 6.07 Å². The van der Waals surface area contributed by atoms with E-state index in [-0.39, 0.29) is 17.8 Å². The van der Waals surface area contributed by atoms with Crippen LogP contribution in [0.25, 0.3) is 0 Å². The Hall–Kier alpha value is -2.07. The van der Waals surface area contributed by atoms with E-state index in [4.69, 9.17) is 11.7 Å². The first-order chi connectivity index (χ1) is 6.69. The van der Waals surface area contributed by atoms with Gasteiger partial charge in [0.05, 0.1) is 18.2 Å². The van der Waals surface area contributed by atoms with Gasteiger partial charge in [-0.25, -0.2) is 8.78 Å². The Labute approximate surface area is 80.2 Å². The average molecular weight is 192 g/mol. The number of anilines is 1. The third-order valence-corrected chi connectivity index (χ3v) is 1.54. The Morgan fingerprint density at radius 2 is 1.93 bits per heavy atom. The molecule has 1 rings (SSSR count). The van der Waals surface area contributed by atoms with Gasteiger partial charge in [-0.1, -0.05) is 5.92 Å². The van der Waals surface area contributed by atoms with Crippen LogP contribution in [0.5, 0.6) is 0 Å². The van der Waals surface area contributed by atoms with Crippen LogP contribution in [0.3, 0.4) is 0 Å². The number of nitriles is 1. The van der Waals surface area contributed by atoms with E-state index >= 15 is 0 Å². The predicted molar refractivity (Wildman–Crippen MR) is 48.4 cm³/mol. The van der Waals surface area contributed by atoms with Crippen LogP contribution in [0.2, 0.25) is 0 Å². The number of hydrogen-bond acceptors (Lipinski definition) is 2. The predicted octanol–water partition coefficient (Wildman–Crippen LogP) is 1.88. The van der Waals surface area contributed by atoms with Crippen LogP contribution in [0.15, 0.2) is 12.1 Å². The van der Waals surface area contributed by atoms with E-state index in [2.05, 4.69) is 11.2 Å². The Kier molecular flexibility index (Phi) is 3.04. The molecule has 0 saturated carbocycles. The minimum absolute atomic E-state index is 0.0275. The second-order valence-corrected chi connectivity index (χ2v) is 2.48. The molecule has 70 valence electrons. The van der Waals surface area contributed by atoms with Crippen molar-refractivity contribution >= 4 is 5.69 Å². The highest BCUT2D eigenvalue weighted by atomic mass is 19.1. The number of nitrogens with one attached hydrogen (secondary N) is 1. The highest BCUT2D eigenvalue weighted by molar-refractivity contribution is 5.50. The largest absolute Gasteiger partial charge is 0.369 e. The maximum atomic E-state index is 13.1.